The molecule has 3 rings (SSSR count). The van der Waals surface area contributed by atoms with Gasteiger partial charge in [-0.25, -0.2) is 0 Å². The third-order valence-electron chi connectivity index (χ3n) is 3.83. The van der Waals surface area contributed by atoms with Crippen molar-refractivity contribution >= 4 is 17.3 Å². The molecular weight excluding hydrogens is 268 g/mol. The highest BCUT2D eigenvalue weighted by Crippen LogP contribution is 2.34. The summed E-state index contributed by atoms with van der Waals surface area (Å²) >= 11 is 0. The minimum atomic E-state index is -0.302. The predicted octanol–water partition coefficient (Wildman–Crippen LogP) is 2.19. The van der Waals surface area contributed by atoms with Crippen molar-refractivity contribution in [1.29, 1.82) is 0 Å². The number of nitrogens with two attached hydrogens (primary N) is 1. The summed E-state index contributed by atoms with van der Waals surface area (Å²) in [5.74, 6) is -0.760. The van der Waals surface area contributed by atoms with E-state index in [9.17, 15) is 15.0 Å². The van der Waals surface area contributed by atoms with E-state index >= 15 is 0 Å². The van der Waals surface area contributed by atoms with Gasteiger partial charge in [-0.15, -0.1) is 0 Å². The van der Waals surface area contributed by atoms with Gasteiger partial charge in [0.15, 0.2) is 11.5 Å². The number of amides is 1. The zero-order valence-electron chi connectivity index (χ0n) is 11.6. The molecule has 5 heteroatoms. The quantitative estimate of drug-likeness (QED) is 0.553. The van der Waals surface area contributed by atoms with Crippen molar-refractivity contribution in [1.82, 2.24) is 0 Å². The smallest absolute Gasteiger partial charge is 0.258 e. The molecule has 1 amide bonds. The van der Waals surface area contributed by atoms with Crippen molar-refractivity contribution in [3.8, 4) is 11.5 Å². The first-order valence-electron chi connectivity index (χ1n) is 6.70. The van der Waals surface area contributed by atoms with Crippen LogP contribution >= 0.6 is 0 Å². The Kier molecular flexibility index (Phi) is 2.97. The molecule has 0 aromatic heterocycles. The fourth-order valence-corrected chi connectivity index (χ4v) is 2.60. The van der Waals surface area contributed by atoms with Gasteiger partial charge in [0.25, 0.3) is 5.91 Å². The van der Waals surface area contributed by atoms with Crippen LogP contribution in [0.3, 0.4) is 0 Å². The molecule has 0 saturated heterocycles. The number of carbonyl (C=O) groups excluding carboxylic acids is 1. The van der Waals surface area contributed by atoms with Gasteiger partial charge in [-0.2, -0.15) is 0 Å². The highest BCUT2D eigenvalue weighted by atomic mass is 16.3. The molecule has 0 spiro atoms. The van der Waals surface area contributed by atoms with Crippen LogP contribution in [0.2, 0.25) is 0 Å². The van der Waals surface area contributed by atoms with Crippen LogP contribution in [-0.4, -0.2) is 22.7 Å². The van der Waals surface area contributed by atoms with Crippen molar-refractivity contribution in [2.24, 2.45) is 0 Å². The molecule has 0 saturated carbocycles. The number of anilines is 2. The Balaban J connectivity index is 1.98. The second kappa shape index (κ2) is 4.70. The van der Waals surface area contributed by atoms with Crippen LogP contribution in [0.5, 0.6) is 11.5 Å². The Morgan fingerprint density at radius 1 is 1.19 bits per heavy atom. The van der Waals surface area contributed by atoms with E-state index in [-0.39, 0.29) is 17.4 Å². The Morgan fingerprint density at radius 2 is 1.95 bits per heavy atom. The number of aryl methyl sites for hydroxylation is 1. The van der Waals surface area contributed by atoms with Gasteiger partial charge in [-0.3, -0.25) is 4.79 Å². The molecule has 4 N–H and O–H groups in total. The number of carbonyl (C=O) groups is 1. The molecule has 0 bridgehead atoms. The third kappa shape index (κ3) is 2.16. The Hall–Kier alpha value is -2.69. The van der Waals surface area contributed by atoms with E-state index in [1.165, 1.54) is 18.2 Å². The lowest BCUT2D eigenvalue weighted by atomic mass is 10.1. The minimum Gasteiger partial charge on any atom is -0.504 e. The van der Waals surface area contributed by atoms with E-state index in [0.717, 1.165) is 23.2 Å². The van der Waals surface area contributed by atoms with Gasteiger partial charge in [0.05, 0.1) is 0 Å². The summed E-state index contributed by atoms with van der Waals surface area (Å²) in [5.41, 5.74) is 9.83. The lowest BCUT2D eigenvalue weighted by molar-refractivity contribution is 0.0989. The normalized spacial score (nSPS) is 13.3. The van der Waals surface area contributed by atoms with Crippen molar-refractivity contribution < 1.29 is 15.0 Å². The van der Waals surface area contributed by atoms with E-state index in [0.29, 0.717) is 17.8 Å². The Labute approximate surface area is 122 Å². The lowest BCUT2D eigenvalue weighted by Crippen LogP contribution is -2.28. The van der Waals surface area contributed by atoms with Gasteiger partial charge in [-0.05, 0) is 48.7 Å². The first kappa shape index (κ1) is 13.3. The number of phenolic OH excluding ortho intramolecular Hbond substituents is 2. The second-order valence-electron chi connectivity index (χ2n) is 5.25. The van der Waals surface area contributed by atoms with Crippen LogP contribution in [-0.2, 0) is 6.42 Å². The highest BCUT2D eigenvalue weighted by molar-refractivity contribution is 6.07. The first-order chi connectivity index (χ1) is 9.97. The molecule has 1 aliphatic rings. The summed E-state index contributed by atoms with van der Waals surface area (Å²) in [4.78, 5) is 14.2. The monoisotopic (exact) mass is 284 g/mol. The molecule has 108 valence electrons. The van der Waals surface area contributed by atoms with Gasteiger partial charge in [-0.1, -0.05) is 6.07 Å². The Morgan fingerprint density at radius 3 is 2.67 bits per heavy atom. The average molecular weight is 284 g/mol. The number of phenols is 2. The van der Waals surface area contributed by atoms with E-state index < -0.39 is 0 Å². The number of fused-ring (bicyclic) bond motifs is 1. The highest BCUT2D eigenvalue weighted by Gasteiger charge is 2.26. The van der Waals surface area contributed by atoms with E-state index in [2.05, 4.69) is 0 Å². The van der Waals surface area contributed by atoms with Crippen LogP contribution in [0.1, 0.15) is 21.5 Å². The van der Waals surface area contributed by atoms with Crippen LogP contribution in [0.25, 0.3) is 0 Å². The van der Waals surface area contributed by atoms with E-state index in [1.54, 1.807) is 4.90 Å². The van der Waals surface area contributed by atoms with Gasteiger partial charge < -0.3 is 20.8 Å². The summed E-state index contributed by atoms with van der Waals surface area (Å²) in [5, 5.41) is 18.9. The molecule has 2 aromatic carbocycles. The zero-order valence-corrected chi connectivity index (χ0v) is 11.6. The van der Waals surface area contributed by atoms with Gasteiger partial charge in [0.2, 0.25) is 0 Å². The van der Waals surface area contributed by atoms with Gasteiger partial charge >= 0.3 is 0 Å². The summed E-state index contributed by atoms with van der Waals surface area (Å²) in [7, 11) is 0. The lowest BCUT2D eigenvalue weighted by Gasteiger charge is -2.18. The molecule has 0 fully saturated rings. The number of nitrogens with zero attached hydrogens (tertiary/aromatic N) is 1. The molecule has 1 aliphatic heterocycles. The van der Waals surface area contributed by atoms with E-state index in [1.807, 2.05) is 19.1 Å². The molecule has 0 radical (unpaired) electrons. The van der Waals surface area contributed by atoms with Crippen molar-refractivity contribution in [3.63, 3.8) is 0 Å². The third-order valence-corrected chi connectivity index (χ3v) is 3.83. The van der Waals surface area contributed by atoms with E-state index in [4.69, 9.17) is 5.73 Å². The maximum atomic E-state index is 12.6. The maximum Gasteiger partial charge on any atom is 0.258 e. The number of rotatable bonds is 1. The molecule has 2 aromatic rings. The largest absolute Gasteiger partial charge is 0.504 e. The fraction of sp³-hybridized carbons (Fsp3) is 0.188. The van der Waals surface area contributed by atoms with Gasteiger partial charge in [0, 0.05) is 23.5 Å². The zero-order chi connectivity index (χ0) is 15.1. The summed E-state index contributed by atoms with van der Waals surface area (Å²) in [6.07, 6.45) is 0.784. The predicted molar refractivity (Wildman–Crippen MR) is 80.7 cm³/mol. The molecule has 1 heterocycles. The van der Waals surface area contributed by atoms with Gasteiger partial charge in [0.1, 0.15) is 0 Å². The molecule has 0 aliphatic carbocycles. The molecule has 0 unspecified atom stereocenters. The number of nitrogen functional groups attached to an aromatic ring is 1. The number of benzene rings is 2. The van der Waals surface area contributed by atoms with Crippen LogP contribution in [0.15, 0.2) is 30.3 Å². The Bertz CT molecular complexity index is 741. The first-order valence-corrected chi connectivity index (χ1v) is 6.70. The average Bonchev–Trinajstić information content (AvgIpc) is 2.84. The van der Waals surface area contributed by atoms with Crippen LogP contribution < -0.4 is 10.6 Å². The number of hydrogen-bond donors (Lipinski definition) is 3. The maximum absolute atomic E-state index is 12.6. The van der Waals surface area contributed by atoms with Crippen LogP contribution in [0, 0.1) is 6.92 Å². The number of aromatic hydroxyl groups is 2. The second-order valence-corrected chi connectivity index (χ2v) is 5.25. The van der Waals surface area contributed by atoms with Crippen molar-refractivity contribution in [2.45, 2.75) is 13.3 Å². The minimum absolute atomic E-state index is 0.215. The molecule has 21 heavy (non-hydrogen) atoms. The molecule has 0 atom stereocenters. The van der Waals surface area contributed by atoms with Crippen molar-refractivity contribution in [3.05, 3.63) is 47.0 Å². The molecular formula is C16H16N2O3. The summed E-state index contributed by atoms with van der Waals surface area (Å²) < 4.78 is 0. The summed E-state index contributed by atoms with van der Waals surface area (Å²) in [6.45, 7) is 2.52. The van der Waals surface area contributed by atoms with Crippen molar-refractivity contribution in [2.75, 3.05) is 17.2 Å². The SMILES string of the molecule is Cc1cc2c(cc1N)N(C(=O)c1ccc(O)c(O)c1)CC2. The fourth-order valence-electron chi connectivity index (χ4n) is 2.60. The standard InChI is InChI=1S/C16H16N2O3/c1-9-6-10-4-5-18(13(10)8-12(9)17)16(21)11-2-3-14(19)15(20)7-11/h2-3,6-8,19-20H,4-5,17H2,1H3. The number of hydrogen-bond acceptors (Lipinski definition) is 4. The summed E-state index contributed by atoms with van der Waals surface area (Å²) in [6, 6.07) is 7.89. The van der Waals surface area contributed by atoms with Crippen LogP contribution in [0.4, 0.5) is 11.4 Å². The topological polar surface area (TPSA) is 86.8 Å². The molecule has 5 nitrogen and oxygen atoms in total.